The highest BCUT2D eigenvalue weighted by atomic mass is 16.5. The number of aliphatic imine (C=N–C) groups is 1. The van der Waals surface area contributed by atoms with Crippen LogP contribution < -0.4 is 0 Å². The third-order valence-corrected chi connectivity index (χ3v) is 0.825. The molecule has 0 aromatic carbocycles. The molecule has 0 aliphatic carbocycles. The molecule has 0 spiro atoms. The molecule has 0 fully saturated rings. The van der Waals surface area contributed by atoms with Crippen molar-refractivity contribution >= 4 is 6.72 Å². The van der Waals surface area contributed by atoms with E-state index in [0.29, 0.717) is 0 Å². The Morgan fingerprint density at radius 3 is 2.89 bits per heavy atom. The van der Waals surface area contributed by atoms with Gasteiger partial charge < -0.3 is 4.74 Å². The summed E-state index contributed by atoms with van der Waals surface area (Å²) in [7, 11) is 0. The summed E-state index contributed by atoms with van der Waals surface area (Å²) in [6, 6.07) is 0. The van der Waals surface area contributed by atoms with Crippen LogP contribution in [0, 0.1) is 0 Å². The van der Waals surface area contributed by atoms with E-state index in [1.807, 2.05) is 6.92 Å². The molecule has 52 valence electrons. The summed E-state index contributed by atoms with van der Waals surface area (Å²) in [5.41, 5.74) is 0.823. The molecule has 0 aromatic rings. The van der Waals surface area contributed by atoms with Crippen LogP contribution in [0.15, 0.2) is 17.0 Å². The summed E-state index contributed by atoms with van der Waals surface area (Å²) >= 11 is 0. The zero-order valence-corrected chi connectivity index (χ0v) is 6.05. The first-order valence-electron chi connectivity index (χ1n) is 3.06. The average Bonchev–Trinajstić information content (AvgIpc) is 1.89. The second-order valence-corrected chi connectivity index (χ2v) is 1.79. The maximum atomic E-state index is 5.04. The van der Waals surface area contributed by atoms with Crippen molar-refractivity contribution in [3.63, 3.8) is 0 Å². The summed E-state index contributed by atoms with van der Waals surface area (Å²) < 4.78 is 5.04. The summed E-state index contributed by atoms with van der Waals surface area (Å²) in [4.78, 5) is 3.65. The molecule has 9 heavy (non-hydrogen) atoms. The molecule has 0 aliphatic heterocycles. The molecule has 0 saturated heterocycles. The molecule has 0 unspecified atom stereocenters. The Balaban J connectivity index is 3.31. The Hall–Kier alpha value is -0.790. The summed E-state index contributed by atoms with van der Waals surface area (Å²) in [6.45, 7) is 8.01. The standard InChI is InChI=1S/C7H13NO/c1-4-5-9-6-7(2)8-3/h6H,3-5H2,1-2H3. The Bertz CT molecular complexity index is 107. The SMILES string of the molecule is C=NC(C)=COCCC. The Kier molecular flexibility index (Phi) is 4.88. The van der Waals surface area contributed by atoms with Gasteiger partial charge in [0.15, 0.2) is 0 Å². The van der Waals surface area contributed by atoms with Crippen LogP contribution in [0.1, 0.15) is 20.3 Å². The van der Waals surface area contributed by atoms with Gasteiger partial charge in [-0.15, -0.1) is 0 Å². The van der Waals surface area contributed by atoms with Crippen LogP contribution in [-0.4, -0.2) is 13.3 Å². The zero-order valence-electron chi connectivity index (χ0n) is 6.05. The van der Waals surface area contributed by atoms with Crippen molar-refractivity contribution in [1.82, 2.24) is 0 Å². The molecule has 0 saturated carbocycles. The van der Waals surface area contributed by atoms with Crippen LogP contribution in [0.25, 0.3) is 0 Å². The molecule has 0 N–H and O–H groups in total. The molecule has 0 radical (unpaired) electrons. The van der Waals surface area contributed by atoms with Crippen molar-refractivity contribution in [3.8, 4) is 0 Å². The predicted octanol–water partition coefficient (Wildman–Crippen LogP) is 1.97. The highest BCUT2D eigenvalue weighted by Gasteiger charge is 1.79. The second kappa shape index (κ2) is 5.35. The topological polar surface area (TPSA) is 21.6 Å². The minimum Gasteiger partial charge on any atom is -0.499 e. The van der Waals surface area contributed by atoms with Crippen LogP contribution in [0.4, 0.5) is 0 Å². The maximum Gasteiger partial charge on any atom is 0.104 e. The van der Waals surface area contributed by atoms with E-state index in [1.165, 1.54) is 0 Å². The molecule has 0 aromatic heterocycles. The largest absolute Gasteiger partial charge is 0.499 e. The van der Waals surface area contributed by atoms with E-state index in [-0.39, 0.29) is 0 Å². The zero-order chi connectivity index (χ0) is 7.11. The first kappa shape index (κ1) is 8.21. The lowest BCUT2D eigenvalue weighted by Crippen LogP contribution is -1.83. The lowest BCUT2D eigenvalue weighted by molar-refractivity contribution is 0.247. The number of hydrogen-bond acceptors (Lipinski definition) is 2. The minimum atomic E-state index is 0.757. The first-order chi connectivity index (χ1) is 4.31. The summed E-state index contributed by atoms with van der Waals surface area (Å²) in [6.07, 6.45) is 2.65. The van der Waals surface area contributed by atoms with E-state index in [1.54, 1.807) is 6.26 Å². The van der Waals surface area contributed by atoms with Gasteiger partial charge in [0.1, 0.15) is 6.26 Å². The summed E-state index contributed by atoms with van der Waals surface area (Å²) in [5, 5.41) is 0. The molecule has 0 rings (SSSR count). The Morgan fingerprint density at radius 2 is 2.44 bits per heavy atom. The minimum absolute atomic E-state index is 0.757. The molecule has 0 atom stereocenters. The third-order valence-electron chi connectivity index (χ3n) is 0.825. The van der Waals surface area contributed by atoms with Crippen molar-refractivity contribution in [2.45, 2.75) is 20.3 Å². The number of ether oxygens (including phenoxy) is 1. The normalized spacial score (nSPS) is 11.1. The molecule has 0 amide bonds. The lowest BCUT2D eigenvalue weighted by Gasteiger charge is -1.95. The second-order valence-electron chi connectivity index (χ2n) is 1.79. The van der Waals surface area contributed by atoms with Crippen LogP contribution in [0.2, 0.25) is 0 Å². The van der Waals surface area contributed by atoms with Gasteiger partial charge in [0.05, 0.1) is 12.3 Å². The smallest absolute Gasteiger partial charge is 0.104 e. The van der Waals surface area contributed by atoms with Crippen molar-refractivity contribution in [3.05, 3.63) is 12.0 Å². The third kappa shape index (κ3) is 5.07. The number of nitrogens with zero attached hydrogens (tertiary/aromatic N) is 1. The van der Waals surface area contributed by atoms with E-state index >= 15 is 0 Å². The van der Waals surface area contributed by atoms with Gasteiger partial charge in [-0.2, -0.15) is 0 Å². The predicted molar refractivity (Wildman–Crippen MR) is 39.5 cm³/mol. The number of hydrogen-bond donors (Lipinski definition) is 0. The average molecular weight is 127 g/mol. The van der Waals surface area contributed by atoms with E-state index in [4.69, 9.17) is 4.74 Å². The molecule has 0 heterocycles. The summed E-state index contributed by atoms with van der Waals surface area (Å²) in [5.74, 6) is 0. The molecule has 2 nitrogen and oxygen atoms in total. The van der Waals surface area contributed by atoms with Gasteiger partial charge in [0.2, 0.25) is 0 Å². The van der Waals surface area contributed by atoms with E-state index in [0.717, 1.165) is 18.7 Å². The maximum absolute atomic E-state index is 5.04. The van der Waals surface area contributed by atoms with Crippen LogP contribution in [0.3, 0.4) is 0 Å². The van der Waals surface area contributed by atoms with Crippen molar-refractivity contribution in [1.29, 1.82) is 0 Å². The lowest BCUT2D eigenvalue weighted by atomic mass is 10.5. The molecule has 0 bridgehead atoms. The highest BCUT2D eigenvalue weighted by molar-refractivity contribution is 5.27. The molecular weight excluding hydrogens is 114 g/mol. The van der Waals surface area contributed by atoms with Gasteiger partial charge in [-0.1, -0.05) is 6.92 Å². The van der Waals surface area contributed by atoms with Crippen LogP contribution in [-0.2, 0) is 4.74 Å². The number of rotatable bonds is 4. The van der Waals surface area contributed by atoms with E-state index < -0.39 is 0 Å². The fourth-order valence-electron chi connectivity index (χ4n) is 0.335. The fourth-order valence-corrected chi connectivity index (χ4v) is 0.335. The Morgan fingerprint density at radius 1 is 1.78 bits per heavy atom. The first-order valence-corrected chi connectivity index (χ1v) is 3.06. The van der Waals surface area contributed by atoms with E-state index in [9.17, 15) is 0 Å². The van der Waals surface area contributed by atoms with Gasteiger partial charge in [0, 0.05) is 0 Å². The Labute approximate surface area is 56.2 Å². The van der Waals surface area contributed by atoms with E-state index in [2.05, 4.69) is 18.6 Å². The van der Waals surface area contributed by atoms with Gasteiger partial charge in [-0.25, -0.2) is 0 Å². The van der Waals surface area contributed by atoms with Crippen molar-refractivity contribution < 1.29 is 4.74 Å². The van der Waals surface area contributed by atoms with Crippen LogP contribution >= 0.6 is 0 Å². The van der Waals surface area contributed by atoms with Gasteiger partial charge in [-0.3, -0.25) is 4.99 Å². The van der Waals surface area contributed by atoms with Crippen molar-refractivity contribution in [2.24, 2.45) is 4.99 Å². The monoisotopic (exact) mass is 127 g/mol. The molecule has 2 heteroatoms. The number of allylic oxidation sites excluding steroid dienone is 1. The fraction of sp³-hybridized carbons (Fsp3) is 0.571. The molecular formula is C7H13NO. The molecule has 0 aliphatic rings. The quantitative estimate of drug-likeness (QED) is 0.321. The highest BCUT2D eigenvalue weighted by Crippen LogP contribution is 1.92. The van der Waals surface area contributed by atoms with Gasteiger partial charge in [-0.05, 0) is 20.1 Å². The van der Waals surface area contributed by atoms with Gasteiger partial charge >= 0.3 is 0 Å². The van der Waals surface area contributed by atoms with Crippen LogP contribution in [0.5, 0.6) is 0 Å². The van der Waals surface area contributed by atoms with Gasteiger partial charge in [0.25, 0.3) is 0 Å². The van der Waals surface area contributed by atoms with Crippen molar-refractivity contribution in [2.75, 3.05) is 6.61 Å².